The van der Waals surface area contributed by atoms with E-state index >= 15 is 0 Å². The highest BCUT2D eigenvalue weighted by Gasteiger charge is 2.36. The van der Waals surface area contributed by atoms with E-state index in [1.165, 1.54) is 7.11 Å². The third-order valence-corrected chi connectivity index (χ3v) is 3.08. The number of allylic oxidation sites excluding steroid dienone is 1. The molecular formula is C14H10N4O2. The number of hydrogen-bond acceptors (Lipinski definition) is 6. The highest BCUT2D eigenvalue weighted by molar-refractivity contribution is 5.54. The second-order valence-corrected chi connectivity index (χ2v) is 4.11. The van der Waals surface area contributed by atoms with E-state index < -0.39 is 11.8 Å². The zero-order chi connectivity index (χ0) is 14.7. The van der Waals surface area contributed by atoms with Crippen molar-refractivity contribution in [2.75, 3.05) is 7.11 Å². The fraction of sp³-hybridized carbons (Fsp3) is 0.214. The molecule has 1 unspecified atom stereocenters. The Kier molecular flexibility index (Phi) is 3.46. The molecule has 0 amide bonds. The van der Waals surface area contributed by atoms with Gasteiger partial charge in [0.05, 0.1) is 30.7 Å². The van der Waals surface area contributed by atoms with Crippen molar-refractivity contribution in [2.24, 2.45) is 11.7 Å². The number of nitriles is 3. The van der Waals surface area contributed by atoms with Gasteiger partial charge in [-0.2, -0.15) is 15.8 Å². The van der Waals surface area contributed by atoms with Gasteiger partial charge in [0.2, 0.25) is 5.88 Å². The molecule has 0 saturated heterocycles. The molecule has 1 heterocycles. The van der Waals surface area contributed by atoms with E-state index in [4.69, 9.17) is 25.7 Å². The van der Waals surface area contributed by atoms with E-state index in [2.05, 4.69) is 0 Å². The van der Waals surface area contributed by atoms with Gasteiger partial charge in [-0.25, -0.2) is 0 Å². The van der Waals surface area contributed by atoms with Crippen LogP contribution < -0.4 is 15.2 Å². The van der Waals surface area contributed by atoms with Crippen molar-refractivity contribution in [1.29, 1.82) is 15.8 Å². The Labute approximate surface area is 115 Å². The lowest BCUT2D eigenvalue weighted by atomic mass is 9.80. The number of nitrogens with zero attached hydrogens (tertiary/aromatic N) is 3. The van der Waals surface area contributed by atoms with E-state index in [9.17, 15) is 5.26 Å². The number of ether oxygens (including phenoxy) is 2. The zero-order valence-electron chi connectivity index (χ0n) is 10.6. The molecule has 0 spiro atoms. The number of methoxy groups -OCH3 is 1. The van der Waals surface area contributed by atoms with Crippen LogP contribution >= 0.6 is 0 Å². The smallest absolute Gasteiger partial charge is 0.205 e. The number of hydrogen-bond donors (Lipinski definition) is 1. The lowest BCUT2D eigenvalue weighted by Gasteiger charge is -2.26. The lowest BCUT2D eigenvalue weighted by molar-refractivity contribution is 0.377. The molecule has 2 N–H and O–H groups in total. The van der Waals surface area contributed by atoms with E-state index in [0.717, 1.165) is 0 Å². The summed E-state index contributed by atoms with van der Waals surface area (Å²) in [6.07, 6.45) is 0. The molecule has 98 valence electrons. The van der Waals surface area contributed by atoms with Crippen LogP contribution in [0, 0.1) is 39.9 Å². The monoisotopic (exact) mass is 266 g/mol. The molecular weight excluding hydrogens is 256 g/mol. The maximum atomic E-state index is 9.21. The van der Waals surface area contributed by atoms with Crippen molar-refractivity contribution in [2.45, 2.75) is 5.92 Å². The molecule has 20 heavy (non-hydrogen) atoms. The predicted molar refractivity (Wildman–Crippen MR) is 67.9 cm³/mol. The summed E-state index contributed by atoms with van der Waals surface area (Å²) in [6, 6.07) is 10.6. The van der Waals surface area contributed by atoms with Crippen molar-refractivity contribution < 1.29 is 9.47 Å². The van der Waals surface area contributed by atoms with Crippen molar-refractivity contribution >= 4 is 0 Å². The van der Waals surface area contributed by atoms with E-state index in [-0.39, 0.29) is 11.5 Å². The van der Waals surface area contributed by atoms with Crippen LogP contribution in [0.1, 0.15) is 11.5 Å². The van der Waals surface area contributed by atoms with Gasteiger partial charge in [-0.3, -0.25) is 0 Å². The minimum absolute atomic E-state index is 0.0781. The average Bonchev–Trinajstić information content (AvgIpc) is 2.48. The van der Waals surface area contributed by atoms with Crippen LogP contribution in [0.4, 0.5) is 0 Å². The van der Waals surface area contributed by atoms with Gasteiger partial charge >= 0.3 is 0 Å². The van der Waals surface area contributed by atoms with Crippen LogP contribution in [0.15, 0.2) is 29.7 Å². The van der Waals surface area contributed by atoms with Crippen LogP contribution in [0.2, 0.25) is 0 Å². The molecule has 1 aliphatic rings. The molecule has 1 aromatic rings. The second kappa shape index (κ2) is 5.22. The summed E-state index contributed by atoms with van der Waals surface area (Å²) < 4.78 is 10.5. The quantitative estimate of drug-likeness (QED) is 0.867. The molecule has 0 saturated carbocycles. The summed E-state index contributed by atoms with van der Waals surface area (Å²) in [5.41, 5.74) is 6.32. The van der Waals surface area contributed by atoms with Crippen LogP contribution in [0.5, 0.6) is 11.5 Å². The SMILES string of the molecule is COc1ccc2c(c1)C(C(C#N)C#N)C(C#N)=C(N)O2. The van der Waals surface area contributed by atoms with Gasteiger partial charge in [0, 0.05) is 5.56 Å². The van der Waals surface area contributed by atoms with Gasteiger partial charge in [0.25, 0.3) is 0 Å². The van der Waals surface area contributed by atoms with Crippen molar-refractivity contribution in [1.82, 2.24) is 0 Å². The van der Waals surface area contributed by atoms with Gasteiger partial charge < -0.3 is 15.2 Å². The molecule has 0 aromatic heterocycles. The fourth-order valence-electron chi connectivity index (χ4n) is 2.12. The van der Waals surface area contributed by atoms with Gasteiger partial charge in [-0.1, -0.05) is 0 Å². The first-order valence-electron chi connectivity index (χ1n) is 5.71. The summed E-state index contributed by atoms with van der Waals surface area (Å²) in [5, 5.41) is 27.4. The van der Waals surface area contributed by atoms with Crippen molar-refractivity contribution in [3.63, 3.8) is 0 Å². The summed E-state index contributed by atoms with van der Waals surface area (Å²) in [5.74, 6) is -0.884. The molecule has 0 radical (unpaired) electrons. The number of fused-ring (bicyclic) bond motifs is 1. The standard InChI is InChI=1S/C14H10N4O2/c1-19-9-2-3-12-10(4-9)13(8(5-15)6-16)11(7-17)14(18)20-12/h2-4,8,13H,18H2,1H3. The molecule has 1 aliphatic heterocycles. The van der Waals surface area contributed by atoms with Crippen LogP contribution in [0.25, 0.3) is 0 Å². The minimum atomic E-state index is -1.03. The molecule has 1 atom stereocenters. The number of rotatable bonds is 2. The normalized spacial score (nSPS) is 16.4. The Morgan fingerprint density at radius 3 is 2.55 bits per heavy atom. The summed E-state index contributed by atoms with van der Waals surface area (Å²) in [7, 11) is 1.50. The first-order chi connectivity index (χ1) is 9.65. The van der Waals surface area contributed by atoms with Crippen molar-refractivity contribution in [3.8, 4) is 29.7 Å². The number of nitrogens with two attached hydrogens (primary N) is 1. The molecule has 0 bridgehead atoms. The minimum Gasteiger partial charge on any atom is -0.497 e. The van der Waals surface area contributed by atoms with E-state index in [1.807, 2.05) is 18.2 Å². The summed E-state index contributed by atoms with van der Waals surface area (Å²) in [4.78, 5) is 0. The van der Waals surface area contributed by atoms with E-state index in [1.54, 1.807) is 18.2 Å². The molecule has 0 aliphatic carbocycles. The molecule has 6 heteroatoms. The first kappa shape index (κ1) is 13.3. The Balaban J connectivity index is 2.66. The Hall–Kier alpha value is -3.17. The number of benzene rings is 1. The first-order valence-corrected chi connectivity index (χ1v) is 5.71. The van der Waals surface area contributed by atoms with Gasteiger partial charge in [-0.05, 0) is 18.2 Å². The zero-order valence-corrected chi connectivity index (χ0v) is 10.6. The van der Waals surface area contributed by atoms with Crippen LogP contribution in [-0.4, -0.2) is 7.11 Å². The lowest BCUT2D eigenvalue weighted by Crippen LogP contribution is -2.24. The summed E-state index contributed by atoms with van der Waals surface area (Å²) >= 11 is 0. The van der Waals surface area contributed by atoms with Crippen LogP contribution in [-0.2, 0) is 0 Å². The average molecular weight is 266 g/mol. The van der Waals surface area contributed by atoms with E-state index in [0.29, 0.717) is 17.1 Å². The highest BCUT2D eigenvalue weighted by atomic mass is 16.5. The third-order valence-electron chi connectivity index (χ3n) is 3.08. The van der Waals surface area contributed by atoms with Crippen LogP contribution in [0.3, 0.4) is 0 Å². The largest absolute Gasteiger partial charge is 0.497 e. The second-order valence-electron chi connectivity index (χ2n) is 4.11. The van der Waals surface area contributed by atoms with Crippen molar-refractivity contribution in [3.05, 3.63) is 35.2 Å². The van der Waals surface area contributed by atoms with Gasteiger partial charge in [0.15, 0.2) is 0 Å². The Morgan fingerprint density at radius 2 is 2.00 bits per heavy atom. The molecule has 6 nitrogen and oxygen atoms in total. The molecule has 0 fully saturated rings. The van der Waals surface area contributed by atoms with Gasteiger partial charge in [0.1, 0.15) is 23.5 Å². The maximum Gasteiger partial charge on any atom is 0.205 e. The topological polar surface area (TPSA) is 116 Å². The highest BCUT2D eigenvalue weighted by Crippen LogP contribution is 2.43. The molecule has 2 rings (SSSR count). The Bertz CT molecular complexity index is 689. The summed E-state index contributed by atoms with van der Waals surface area (Å²) in [6.45, 7) is 0. The Morgan fingerprint density at radius 1 is 1.30 bits per heavy atom. The third kappa shape index (κ3) is 1.98. The predicted octanol–water partition coefficient (Wildman–Crippen LogP) is 1.53. The maximum absolute atomic E-state index is 9.21. The van der Waals surface area contributed by atoms with Gasteiger partial charge in [-0.15, -0.1) is 0 Å². The molecule has 1 aromatic carbocycles. The fourth-order valence-corrected chi connectivity index (χ4v) is 2.12.